The molecule has 0 atom stereocenters. The normalized spacial score (nSPS) is 11.4. The van der Waals surface area contributed by atoms with Gasteiger partial charge in [0.1, 0.15) is 5.75 Å². The van der Waals surface area contributed by atoms with Crippen molar-refractivity contribution in [3.63, 3.8) is 0 Å². The molecule has 1 aromatic rings. The second-order valence-corrected chi connectivity index (χ2v) is 3.49. The predicted octanol–water partition coefficient (Wildman–Crippen LogP) is 0.675. The van der Waals surface area contributed by atoms with Crippen molar-refractivity contribution < 1.29 is 13.0 Å². The minimum atomic E-state index is -3.93. The fourth-order valence-electron chi connectivity index (χ4n) is 0.667. The first kappa shape index (κ1) is 8.23. The molecule has 58 valence electrons. The summed E-state index contributed by atoms with van der Waals surface area (Å²) in [6.45, 7) is 0. The minimum Gasteiger partial charge on any atom is -0.285 e. The molecule has 11 heavy (non-hydrogen) atoms. The van der Waals surface area contributed by atoms with E-state index in [1.807, 2.05) is 0 Å². The third kappa shape index (κ3) is 3.15. The van der Waals surface area contributed by atoms with E-state index >= 15 is 0 Å². The Morgan fingerprint density at radius 3 is 2.64 bits per heavy atom. The van der Waals surface area contributed by atoms with Gasteiger partial charge in [-0.25, -0.2) is 0 Å². The summed E-state index contributed by atoms with van der Waals surface area (Å²) in [5.41, 5.74) is 0.412. The van der Waals surface area contributed by atoms with Crippen molar-refractivity contribution in [2.24, 2.45) is 0 Å². The van der Waals surface area contributed by atoms with E-state index in [1.165, 1.54) is 6.07 Å². The van der Waals surface area contributed by atoms with Gasteiger partial charge in [-0.1, -0.05) is 12.1 Å². The number of hydrogen-bond donors (Lipinski definition) is 1. The van der Waals surface area contributed by atoms with Gasteiger partial charge >= 0.3 is 0 Å². The van der Waals surface area contributed by atoms with Gasteiger partial charge in [-0.05, 0) is 23.8 Å². The van der Waals surface area contributed by atoms with Crippen LogP contribution in [0.1, 0.15) is 5.56 Å². The van der Waals surface area contributed by atoms with Gasteiger partial charge in [0.2, 0.25) is 0 Å². The lowest BCUT2D eigenvalue weighted by Gasteiger charge is -1.94. The Morgan fingerprint density at radius 2 is 2.18 bits per heavy atom. The Morgan fingerprint density at radius 1 is 1.45 bits per heavy atom. The van der Waals surface area contributed by atoms with Crippen molar-refractivity contribution in [3.8, 4) is 0 Å². The van der Waals surface area contributed by atoms with Crippen LogP contribution in [0.4, 0.5) is 0 Å². The molecule has 0 aliphatic heterocycles. The smallest absolute Gasteiger partial charge is 0.269 e. The van der Waals surface area contributed by atoms with Crippen molar-refractivity contribution >= 4 is 10.1 Å². The molecule has 0 fully saturated rings. The Hall–Kier alpha value is -0.870. The van der Waals surface area contributed by atoms with Crippen LogP contribution in [0.5, 0.6) is 0 Å². The maximum Gasteiger partial charge on any atom is 0.269 e. The monoisotopic (exact) mass is 170 g/mol. The Kier molecular flexibility index (Phi) is 2.26. The molecule has 4 heteroatoms. The Labute approximate surface area is 65.4 Å². The fourth-order valence-corrected chi connectivity index (χ4v) is 1.23. The van der Waals surface area contributed by atoms with E-state index in [9.17, 15) is 8.42 Å². The van der Waals surface area contributed by atoms with Crippen LogP contribution in [0.2, 0.25) is 0 Å². The average Bonchev–Trinajstić information content (AvgIpc) is 1.85. The summed E-state index contributed by atoms with van der Waals surface area (Å²) in [5.74, 6) is -0.398. The van der Waals surface area contributed by atoms with Gasteiger partial charge in [-0.15, -0.1) is 0 Å². The SMILES string of the molecule is O=S(=O)(O)Cc1[c]cc[c]c1. The highest BCUT2D eigenvalue weighted by Gasteiger charge is 2.04. The van der Waals surface area contributed by atoms with Crippen molar-refractivity contribution in [3.05, 3.63) is 35.9 Å². The Balaban J connectivity index is 2.82. The van der Waals surface area contributed by atoms with Gasteiger partial charge in [0, 0.05) is 0 Å². The highest BCUT2D eigenvalue weighted by atomic mass is 32.2. The maximum atomic E-state index is 10.3. The molecule has 0 heterocycles. The van der Waals surface area contributed by atoms with Crippen LogP contribution in [0, 0.1) is 12.1 Å². The van der Waals surface area contributed by atoms with Gasteiger partial charge in [0.25, 0.3) is 10.1 Å². The van der Waals surface area contributed by atoms with E-state index in [1.54, 1.807) is 12.1 Å². The number of benzene rings is 1. The molecule has 0 aliphatic rings. The van der Waals surface area contributed by atoms with Crippen LogP contribution < -0.4 is 0 Å². The molecule has 0 aliphatic carbocycles. The van der Waals surface area contributed by atoms with E-state index in [0.717, 1.165) is 0 Å². The van der Waals surface area contributed by atoms with Crippen molar-refractivity contribution in [1.82, 2.24) is 0 Å². The Bertz CT molecular complexity index is 315. The van der Waals surface area contributed by atoms with Crippen molar-refractivity contribution in [1.29, 1.82) is 0 Å². The van der Waals surface area contributed by atoms with E-state index < -0.39 is 15.9 Å². The van der Waals surface area contributed by atoms with E-state index in [2.05, 4.69) is 12.1 Å². The van der Waals surface area contributed by atoms with Crippen LogP contribution in [-0.2, 0) is 15.9 Å². The van der Waals surface area contributed by atoms with Crippen LogP contribution in [0.3, 0.4) is 0 Å². The summed E-state index contributed by atoms with van der Waals surface area (Å²) >= 11 is 0. The molecule has 0 bridgehead atoms. The zero-order chi connectivity index (χ0) is 8.32. The van der Waals surface area contributed by atoms with Gasteiger partial charge in [0.15, 0.2) is 0 Å². The maximum absolute atomic E-state index is 10.3. The molecule has 0 amide bonds. The van der Waals surface area contributed by atoms with Crippen molar-refractivity contribution in [2.45, 2.75) is 5.75 Å². The van der Waals surface area contributed by atoms with Crippen LogP contribution in [0.15, 0.2) is 18.2 Å². The van der Waals surface area contributed by atoms with E-state index in [4.69, 9.17) is 4.55 Å². The molecule has 0 spiro atoms. The number of rotatable bonds is 2. The second kappa shape index (κ2) is 3.02. The van der Waals surface area contributed by atoms with Crippen molar-refractivity contribution in [2.75, 3.05) is 0 Å². The average molecular weight is 170 g/mol. The van der Waals surface area contributed by atoms with Gasteiger partial charge in [0.05, 0.1) is 0 Å². The van der Waals surface area contributed by atoms with E-state index in [0.29, 0.717) is 5.56 Å². The standard InChI is InChI=1S/C7H6O3S/c8-11(9,10)6-7-4-2-1-3-5-7/h1-2,5H,6H2,(H,8,9,10). The summed E-state index contributed by atoms with van der Waals surface area (Å²) in [6, 6.07) is 9.94. The molecule has 0 saturated heterocycles. The fraction of sp³-hybridized carbons (Fsp3) is 0.143. The summed E-state index contributed by atoms with van der Waals surface area (Å²) in [6.07, 6.45) is 0. The lowest BCUT2D eigenvalue weighted by molar-refractivity contribution is 0.482. The summed E-state index contributed by atoms with van der Waals surface area (Å²) in [7, 11) is -3.93. The topological polar surface area (TPSA) is 54.4 Å². The molecule has 0 aromatic heterocycles. The molecule has 0 saturated carbocycles. The quantitative estimate of drug-likeness (QED) is 0.664. The van der Waals surface area contributed by atoms with Crippen LogP contribution in [-0.4, -0.2) is 13.0 Å². The predicted molar refractivity (Wildman–Crippen MR) is 39.4 cm³/mol. The van der Waals surface area contributed by atoms with Gasteiger partial charge < -0.3 is 0 Å². The lowest BCUT2D eigenvalue weighted by Crippen LogP contribution is -2.00. The highest BCUT2D eigenvalue weighted by molar-refractivity contribution is 7.85. The molecule has 1 aromatic carbocycles. The van der Waals surface area contributed by atoms with Gasteiger partial charge in [-0.2, -0.15) is 8.42 Å². The van der Waals surface area contributed by atoms with E-state index in [-0.39, 0.29) is 0 Å². The van der Waals surface area contributed by atoms with Crippen LogP contribution in [0.25, 0.3) is 0 Å². The molecule has 1 rings (SSSR count). The first-order chi connectivity index (χ1) is 5.08. The third-order valence-corrected chi connectivity index (χ3v) is 1.72. The molecule has 1 N–H and O–H groups in total. The van der Waals surface area contributed by atoms with Gasteiger partial charge in [-0.3, -0.25) is 4.55 Å². The van der Waals surface area contributed by atoms with Crippen LogP contribution >= 0.6 is 0 Å². The molecule has 3 nitrogen and oxygen atoms in total. The molecular weight excluding hydrogens is 164 g/mol. The minimum absolute atomic E-state index is 0.398. The first-order valence-electron chi connectivity index (χ1n) is 2.90. The third-order valence-electron chi connectivity index (χ3n) is 1.04. The summed E-state index contributed by atoms with van der Waals surface area (Å²) in [4.78, 5) is 0. The molecule has 0 unspecified atom stereocenters. The molecular formula is C7H6O3S. The highest BCUT2D eigenvalue weighted by Crippen LogP contribution is 2.01. The first-order valence-corrected chi connectivity index (χ1v) is 4.51. The second-order valence-electron chi connectivity index (χ2n) is 2.04. The number of hydrogen-bond acceptors (Lipinski definition) is 2. The largest absolute Gasteiger partial charge is 0.285 e. The summed E-state index contributed by atoms with van der Waals surface area (Å²) < 4.78 is 29.1. The molecule has 2 radical (unpaired) electrons. The lowest BCUT2D eigenvalue weighted by atomic mass is 10.2. The summed E-state index contributed by atoms with van der Waals surface area (Å²) in [5, 5.41) is 0. The zero-order valence-electron chi connectivity index (χ0n) is 5.61. The zero-order valence-corrected chi connectivity index (χ0v) is 6.43.